The summed E-state index contributed by atoms with van der Waals surface area (Å²) in [6, 6.07) is 15.2. The van der Waals surface area contributed by atoms with Gasteiger partial charge in [-0.15, -0.1) is 0 Å². The number of ether oxygens (including phenoxy) is 4. The van der Waals surface area contributed by atoms with Crippen LogP contribution in [0, 0.1) is 5.92 Å². The molecule has 1 heterocycles. The fourth-order valence-corrected chi connectivity index (χ4v) is 4.42. The predicted molar refractivity (Wildman–Crippen MR) is 146 cm³/mol. The lowest BCUT2D eigenvalue weighted by molar-refractivity contribution is 0.0523. The molecule has 2 atom stereocenters. The number of nitrogens with one attached hydrogen (secondary N) is 2. The summed E-state index contributed by atoms with van der Waals surface area (Å²) in [6.07, 6.45) is 0.702. The van der Waals surface area contributed by atoms with Crippen molar-refractivity contribution in [3.05, 3.63) is 59.7 Å². The molecule has 1 saturated heterocycles. The highest BCUT2D eigenvalue weighted by Gasteiger charge is 2.34. The molecule has 2 N–H and O–H groups in total. The van der Waals surface area contributed by atoms with Crippen LogP contribution in [0.5, 0.6) is 11.5 Å². The van der Waals surface area contributed by atoms with E-state index in [9.17, 15) is 9.59 Å². The molecule has 38 heavy (non-hydrogen) atoms. The fourth-order valence-electron chi connectivity index (χ4n) is 4.42. The number of benzene rings is 2. The van der Waals surface area contributed by atoms with E-state index in [1.165, 1.54) is 0 Å². The summed E-state index contributed by atoms with van der Waals surface area (Å²) in [5.41, 5.74) is 1.67. The van der Waals surface area contributed by atoms with E-state index in [1.54, 1.807) is 32.4 Å². The van der Waals surface area contributed by atoms with E-state index in [0.29, 0.717) is 56.5 Å². The van der Waals surface area contributed by atoms with Gasteiger partial charge < -0.3 is 34.5 Å². The molecule has 2 aromatic rings. The van der Waals surface area contributed by atoms with E-state index < -0.39 is 6.09 Å². The van der Waals surface area contributed by atoms with Gasteiger partial charge in [0.25, 0.3) is 5.91 Å². The van der Waals surface area contributed by atoms with Crippen molar-refractivity contribution in [1.82, 2.24) is 15.5 Å². The van der Waals surface area contributed by atoms with Crippen molar-refractivity contribution in [3.8, 4) is 11.5 Å². The van der Waals surface area contributed by atoms with Gasteiger partial charge in [-0.3, -0.25) is 4.79 Å². The SMILES string of the molecule is COCCCOc1cc(C(=O)N(C[C@H]2CNC[C@H]2OC(=O)NCCc2ccccc2)C(C)C)ccc1OC. The van der Waals surface area contributed by atoms with Gasteiger partial charge in [-0.05, 0) is 44.0 Å². The van der Waals surface area contributed by atoms with Crippen LogP contribution in [0.3, 0.4) is 0 Å². The topological polar surface area (TPSA) is 98.4 Å². The van der Waals surface area contributed by atoms with Gasteiger partial charge in [-0.25, -0.2) is 4.79 Å². The Morgan fingerprint density at radius 2 is 1.84 bits per heavy atom. The number of methoxy groups -OCH3 is 2. The first-order valence-electron chi connectivity index (χ1n) is 13.2. The van der Waals surface area contributed by atoms with Gasteiger partial charge in [0.1, 0.15) is 6.10 Å². The van der Waals surface area contributed by atoms with Crippen LogP contribution < -0.4 is 20.1 Å². The molecule has 0 radical (unpaired) electrons. The van der Waals surface area contributed by atoms with Crippen molar-refractivity contribution in [2.24, 2.45) is 5.92 Å². The number of nitrogens with zero attached hydrogens (tertiary/aromatic N) is 1. The Kier molecular flexibility index (Phi) is 11.7. The molecule has 2 amide bonds. The van der Waals surface area contributed by atoms with Crippen molar-refractivity contribution >= 4 is 12.0 Å². The third-order valence-corrected chi connectivity index (χ3v) is 6.54. The second-order valence-corrected chi connectivity index (χ2v) is 9.64. The number of hydrogen-bond donors (Lipinski definition) is 2. The normalized spacial score (nSPS) is 16.8. The molecule has 1 aliphatic rings. The number of hydrogen-bond acceptors (Lipinski definition) is 7. The fraction of sp³-hybridized carbons (Fsp3) is 0.517. The van der Waals surface area contributed by atoms with Crippen molar-refractivity contribution in [1.29, 1.82) is 0 Å². The van der Waals surface area contributed by atoms with E-state index in [-0.39, 0.29) is 24.0 Å². The summed E-state index contributed by atoms with van der Waals surface area (Å²) in [6.45, 7) is 7.19. The molecule has 1 aliphatic heterocycles. The molecule has 1 fully saturated rings. The summed E-state index contributed by atoms with van der Waals surface area (Å²) >= 11 is 0. The first-order chi connectivity index (χ1) is 18.4. The van der Waals surface area contributed by atoms with Crippen LogP contribution >= 0.6 is 0 Å². The second kappa shape index (κ2) is 15.2. The Morgan fingerprint density at radius 1 is 1.05 bits per heavy atom. The van der Waals surface area contributed by atoms with E-state index in [4.69, 9.17) is 18.9 Å². The number of alkyl carbamates (subject to hydrolysis) is 1. The highest BCUT2D eigenvalue weighted by molar-refractivity contribution is 5.95. The van der Waals surface area contributed by atoms with E-state index >= 15 is 0 Å². The quantitative estimate of drug-likeness (QED) is 0.363. The molecule has 3 rings (SSSR count). The molecule has 0 aliphatic carbocycles. The zero-order valence-corrected chi connectivity index (χ0v) is 22.9. The maximum absolute atomic E-state index is 13.6. The highest BCUT2D eigenvalue weighted by Crippen LogP contribution is 2.29. The first-order valence-corrected chi connectivity index (χ1v) is 13.2. The number of carbonyl (C=O) groups is 2. The standard InChI is InChI=1S/C29H41N3O6/c1-21(2)32(28(33)23-11-12-25(36-4)26(17-23)37-16-8-15-35-3)20-24-18-30-19-27(24)38-29(34)31-14-13-22-9-6-5-7-10-22/h5-7,9-12,17,21,24,27,30H,8,13-16,18-20H2,1-4H3,(H,31,34)/t24-,27-/m1/s1. The largest absolute Gasteiger partial charge is 0.493 e. The van der Waals surface area contributed by atoms with Crippen molar-refractivity contribution in [2.45, 2.75) is 38.8 Å². The minimum Gasteiger partial charge on any atom is -0.493 e. The smallest absolute Gasteiger partial charge is 0.407 e. The lowest BCUT2D eigenvalue weighted by Gasteiger charge is -2.31. The van der Waals surface area contributed by atoms with Crippen molar-refractivity contribution < 1.29 is 28.5 Å². The number of amides is 2. The zero-order valence-electron chi connectivity index (χ0n) is 22.9. The maximum Gasteiger partial charge on any atom is 0.407 e. The Hall–Kier alpha value is -3.30. The van der Waals surface area contributed by atoms with Crippen molar-refractivity contribution in [2.75, 3.05) is 53.6 Å². The molecule has 0 unspecified atom stereocenters. The third-order valence-electron chi connectivity index (χ3n) is 6.54. The average Bonchev–Trinajstić information content (AvgIpc) is 3.36. The lowest BCUT2D eigenvalue weighted by Crippen LogP contribution is -2.44. The second-order valence-electron chi connectivity index (χ2n) is 9.64. The van der Waals surface area contributed by atoms with Crippen LogP contribution in [0.2, 0.25) is 0 Å². The minimum atomic E-state index is -0.438. The molecule has 0 aromatic heterocycles. The molecular weight excluding hydrogens is 486 g/mol. The van der Waals surface area contributed by atoms with Crippen LogP contribution in [0.15, 0.2) is 48.5 Å². The Morgan fingerprint density at radius 3 is 2.55 bits per heavy atom. The molecule has 0 spiro atoms. The Bertz CT molecular complexity index is 1020. The maximum atomic E-state index is 13.6. The van der Waals surface area contributed by atoms with Gasteiger partial charge >= 0.3 is 6.09 Å². The van der Waals surface area contributed by atoms with E-state index in [0.717, 1.165) is 18.4 Å². The first kappa shape index (κ1) is 29.3. The molecule has 9 nitrogen and oxygen atoms in total. The number of carbonyl (C=O) groups excluding carboxylic acids is 2. The highest BCUT2D eigenvalue weighted by atomic mass is 16.6. The summed E-state index contributed by atoms with van der Waals surface area (Å²) < 4.78 is 22.1. The van der Waals surface area contributed by atoms with Gasteiger partial charge in [-0.1, -0.05) is 30.3 Å². The molecule has 0 saturated carbocycles. The average molecular weight is 528 g/mol. The summed E-state index contributed by atoms with van der Waals surface area (Å²) in [5, 5.41) is 6.14. The monoisotopic (exact) mass is 527 g/mol. The Labute approximate surface area is 225 Å². The number of rotatable bonds is 14. The summed E-state index contributed by atoms with van der Waals surface area (Å²) in [5.74, 6) is 0.961. The van der Waals surface area contributed by atoms with Gasteiger partial charge in [0.2, 0.25) is 0 Å². The van der Waals surface area contributed by atoms with Gasteiger partial charge in [-0.2, -0.15) is 0 Å². The summed E-state index contributed by atoms with van der Waals surface area (Å²) in [7, 11) is 3.22. The summed E-state index contributed by atoms with van der Waals surface area (Å²) in [4.78, 5) is 27.9. The van der Waals surface area contributed by atoms with Gasteiger partial charge in [0.15, 0.2) is 11.5 Å². The van der Waals surface area contributed by atoms with E-state index in [1.807, 2.05) is 49.1 Å². The van der Waals surface area contributed by atoms with E-state index in [2.05, 4.69) is 10.6 Å². The van der Waals surface area contributed by atoms with Crippen LogP contribution in [0.25, 0.3) is 0 Å². The zero-order chi connectivity index (χ0) is 27.3. The van der Waals surface area contributed by atoms with Crippen LogP contribution in [0.4, 0.5) is 4.79 Å². The van der Waals surface area contributed by atoms with Crippen molar-refractivity contribution in [3.63, 3.8) is 0 Å². The Balaban J connectivity index is 1.59. The predicted octanol–water partition coefficient (Wildman–Crippen LogP) is 3.52. The van der Waals surface area contributed by atoms with Crippen LogP contribution in [0.1, 0.15) is 36.2 Å². The van der Waals surface area contributed by atoms with Gasteiger partial charge in [0, 0.05) is 63.8 Å². The van der Waals surface area contributed by atoms with Gasteiger partial charge in [0.05, 0.1) is 13.7 Å². The minimum absolute atomic E-state index is 0.0239. The molecule has 0 bridgehead atoms. The van der Waals surface area contributed by atoms with Crippen LogP contribution in [-0.2, 0) is 15.9 Å². The molecule has 208 valence electrons. The lowest BCUT2D eigenvalue weighted by atomic mass is 10.0. The third kappa shape index (κ3) is 8.63. The molecular formula is C29H41N3O6. The molecule has 2 aromatic carbocycles. The van der Waals surface area contributed by atoms with Crippen LogP contribution in [-0.4, -0.2) is 82.7 Å². The molecule has 9 heteroatoms.